The zero-order chi connectivity index (χ0) is 11.5. The van der Waals surface area contributed by atoms with Crippen molar-refractivity contribution in [1.29, 1.82) is 0 Å². The minimum atomic E-state index is 0.534. The average Bonchev–Trinajstić information content (AvgIpc) is 2.76. The van der Waals surface area contributed by atoms with Crippen LogP contribution < -0.4 is 11.1 Å². The van der Waals surface area contributed by atoms with Crippen LogP contribution >= 0.6 is 0 Å². The van der Waals surface area contributed by atoms with Gasteiger partial charge in [-0.2, -0.15) is 0 Å². The molecule has 1 aliphatic rings. The Bertz CT molecular complexity index is 354. The van der Waals surface area contributed by atoms with Crippen LogP contribution in [0.25, 0.3) is 0 Å². The van der Waals surface area contributed by atoms with Crippen LogP contribution in [-0.2, 0) is 0 Å². The molecule has 16 heavy (non-hydrogen) atoms. The number of rotatable bonds is 3. The molecule has 2 rings (SSSR count). The minimum Gasteiger partial charge on any atom is -0.397 e. The largest absolute Gasteiger partial charge is 0.397 e. The van der Waals surface area contributed by atoms with E-state index in [0.29, 0.717) is 6.04 Å². The fourth-order valence-corrected chi connectivity index (χ4v) is 2.62. The summed E-state index contributed by atoms with van der Waals surface area (Å²) in [7, 11) is 0. The molecule has 1 saturated carbocycles. The third-order valence-corrected chi connectivity index (χ3v) is 3.70. The zero-order valence-corrected chi connectivity index (χ0v) is 10.3. The molecule has 1 unspecified atom stereocenters. The molecular formula is C14H22N2. The Labute approximate surface area is 98.2 Å². The molecule has 0 radical (unpaired) electrons. The molecule has 0 saturated heterocycles. The first-order chi connectivity index (χ1) is 7.66. The zero-order valence-electron chi connectivity index (χ0n) is 10.3. The van der Waals surface area contributed by atoms with Gasteiger partial charge in [0.25, 0.3) is 0 Å². The minimum absolute atomic E-state index is 0.534. The third kappa shape index (κ3) is 2.49. The highest BCUT2D eigenvalue weighted by molar-refractivity contribution is 5.67. The van der Waals surface area contributed by atoms with E-state index in [4.69, 9.17) is 5.73 Å². The normalized spacial score (nSPS) is 18.6. The molecule has 88 valence electrons. The Morgan fingerprint density at radius 3 is 2.69 bits per heavy atom. The summed E-state index contributed by atoms with van der Waals surface area (Å²) < 4.78 is 0. The SMILES string of the molecule is Cc1ccc(N)c(NC(C)C2CCCC2)c1. The lowest BCUT2D eigenvalue weighted by atomic mass is 9.99. The number of nitrogen functional groups attached to an aromatic ring is 1. The predicted octanol–water partition coefficient (Wildman–Crippen LogP) is 3.57. The van der Waals surface area contributed by atoms with E-state index < -0.39 is 0 Å². The van der Waals surface area contributed by atoms with E-state index in [-0.39, 0.29) is 0 Å². The van der Waals surface area contributed by atoms with Gasteiger partial charge >= 0.3 is 0 Å². The molecule has 0 heterocycles. The lowest BCUT2D eigenvalue weighted by Gasteiger charge is -2.22. The summed E-state index contributed by atoms with van der Waals surface area (Å²) in [4.78, 5) is 0. The smallest absolute Gasteiger partial charge is 0.0578 e. The lowest BCUT2D eigenvalue weighted by molar-refractivity contribution is 0.482. The fraction of sp³-hybridized carbons (Fsp3) is 0.571. The van der Waals surface area contributed by atoms with Crippen molar-refractivity contribution >= 4 is 11.4 Å². The highest BCUT2D eigenvalue weighted by atomic mass is 14.9. The van der Waals surface area contributed by atoms with Gasteiger partial charge in [0, 0.05) is 6.04 Å². The molecule has 0 spiro atoms. The van der Waals surface area contributed by atoms with Crippen molar-refractivity contribution in [2.75, 3.05) is 11.1 Å². The van der Waals surface area contributed by atoms with Gasteiger partial charge in [-0.25, -0.2) is 0 Å². The van der Waals surface area contributed by atoms with Gasteiger partial charge in [0.05, 0.1) is 11.4 Å². The van der Waals surface area contributed by atoms with Crippen LogP contribution in [0.4, 0.5) is 11.4 Å². The Hall–Kier alpha value is -1.18. The van der Waals surface area contributed by atoms with Gasteiger partial charge in [-0.05, 0) is 50.3 Å². The Balaban J connectivity index is 2.04. The second-order valence-corrected chi connectivity index (χ2v) is 5.07. The highest BCUT2D eigenvalue weighted by Gasteiger charge is 2.21. The van der Waals surface area contributed by atoms with Gasteiger partial charge < -0.3 is 11.1 Å². The molecule has 0 aliphatic heterocycles. The van der Waals surface area contributed by atoms with Gasteiger partial charge in [0.15, 0.2) is 0 Å². The van der Waals surface area contributed by atoms with Crippen LogP contribution in [0, 0.1) is 12.8 Å². The topological polar surface area (TPSA) is 38.0 Å². The van der Waals surface area contributed by atoms with Gasteiger partial charge in [-0.15, -0.1) is 0 Å². The second-order valence-electron chi connectivity index (χ2n) is 5.07. The molecular weight excluding hydrogens is 196 g/mol. The molecule has 0 bridgehead atoms. The number of anilines is 2. The maximum Gasteiger partial charge on any atom is 0.0578 e. The first-order valence-corrected chi connectivity index (χ1v) is 6.29. The molecule has 3 N–H and O–H groups in total. The second kappa shape index (κ2) is 4.77. The molecule has 0 aromatic heterocycles. The lowest BCUT2D eigenvalue weighted by Crippen LogP contribution is -2.24. The monoisotopic (exact) mass is 218 g/mol. The third-order valence-electron chi connectivity index (χ3n) is 3.70. The van der Waals surface area contributed by atoms with Crippen LogP contribution in [0.15, 0.2) is 18.2 Å². The van der Waals surface area contributed by atoms with Gasteiger partial charge in [-0.3, -0.25) is 0 Å². The maximum atomic E-state index is 5.97. The van der Waals surface area contributed by atoms with E-state index in [2.05, 4.69) is 31.3 Å². The Morgan fingerprint density at radius 2 is 2.00 bits per heavy atom. The van der Waals surface area contributed by atoms with Crippen molar-refractivity contribution in [3.8, 4) is 0 Å². The van der Waals surface area contributed by atoms with Crippen molar-refractivity contribution in [3.05, 3.63) is 23.8 Å². The number of benzene rings is 1. The molecule has 2 nitrogen and oxygen atoms in total. The fourth-order valence-electron chi connectivity index (χ4n) is 2.62. The molecule has 1 atom stereocenters. The van der Waals surface area contributed by atoms with Crippen LogP contribution in [0.3, 0.4) is 0 Å². The van der Waals surface area contributed by atoms with Crippen LogP contribution in [0.1, 0.15) is 38.2 Å². The Kier molecular flexibility index (Phi) is 3.37. The summed E-state index contributed by atoms with van der Waals surface area (Å²) in [6.07, 6.45) is 5.50. The molecule has 1 aliphatic carbocycles. The molecule has 1 aromatic carbocycles. The van der Waals surface area contributed by atoms with Gasteiger partial charge in [-0.1, -0.05) is 18.9 Å². The summed E-state index contributed by atoms with van der Waals surface area (Å²) in [5.41, 5.74) is 9.19. The average molecular weight is 218 g/mol. The molecule has 1 fully saturated rings. The van der Waals surface area contributed by atoms with Crippen molar-refractivity contribution in [1.82, 2.24) is 0 Å². The first-order valence-electron chi connectivity index (χ1n) is 6.29. The number of hydrogen-bond donors (Lipinski definition) is 2. The summed E-state index contributed by atoms with van der Waals surface area (Å²) in [5.74, 6) is 0.819. The molecule has 1 aromatic rings. The van der Waals surface area contributed by atoms with E-state index in [1.54, 1.807) is 0 Å². The van der Waals surface area contributed by atoms with Crippen LogP contribution in [-0.4, -0.2) is 6.04 Å². The Morgan fingerprint density at radius 1 is 1.31 bits per heavy atom. The number of nitrogens with one attached hydrogen (secondary N) is 1. The summed E-state index contributed by atoms with van der Waals surface area (Å²) in [6, 6.07) is 6.72. The summed E-state index contributed by atoms with van der Waals surface area (Å²) in [5, 5.41) is 3.57. The van der Waals surface area contributed by atoms with E-state index in [9.17, 15) is 0 Å². The highest BCUT2D eigenvalue weighted by Crippen LogP contribution is 2.30. The molecule has 2 heteroatoms. The van der Waals surface area contributed by atoms with Crippen molar-refractivity contribution < 1.29 is 0 Å². The molecule has 0 amide bonds. The van der Waals surface area contributed by atoms with E-state index in [1.807, 2.05) is 6.07 Å². The quantitative estimate of drug-likeness (QED) is 0.761. The number of hydrogen-bond acceptors (Lipinski definition) is 2. The maximum absolute atomic E-state index is 5.97. The van der Waals surface area contributed by atoms with E-state index >= 15 is 0 Å². The first kappa shape index (κ1) is 11.3. The van der Waals surface area contributed by atoms with Crippen molar-refractivity contribution in [3.63, 3.8) is 0 Å². The number of aryl methyl sites for hydroxylation is 1. The van der Waals surface area contributed by atoms with E-state index in [1.165, 1.54) is 31.2 Å². The summed E-state index contributed by atoms with van der Waals surface area (Å²) in [6.45, 7) is 4.38. The van der Waals surface area contributed by atoms with Crippen LogP contribution in [0.5, 0.6) is 0 Å². The summed E-state index contributed by atoms with van der Waals surface area (Å²) >= 11 is 0. The van der Waals surface area contributed by atoms with E-state index in [0.717, 1.165) is 17.3 Å². The van der Waals surface area contributed by atoms with Gasteiger partial charge in [0.2, 0.25) is 0 Å². The number of nitrogens with two attached hydrogens (primary N) is 1. The standard InChI is InChI=1S/C14H22N2/c1-10-7-8-13(15)14(9-10)16-11(2)12-5-3-4-6-12/h7-9,11-12,16H,3-6,15H2,1-2H3. The van der Waals surface area contributed by atoms with Crippen LogP contribution in [0.2, 0.25) is 0 Å². The van der Waals surface area contributed by atoms with Gasteiger partial charge in [0.1, 0.15) is 0 Å². The van der Waals surface area contributed by atoms with Crippen molar-refractivity contribution in [2.24, 2.45) is 5.92 Å². The predicted molar refractivity (Wildman–Crippen MR) is 70.6 cm³/mol. The van der Waals surface area contributed by atoms with Crippen molar-refractivity contribution in [2.45, 2.75) is 45.6 Å².